The van der Waals surface area contributed by atoms with Gasteiger partial charge in [-0.05, 0) is 90.0 Å². The van der Waals surface area contributed by atoms with Crippen LogP contribution >= 0.6 is 0 Å². The molecule has 0 spiro atoms. The number of hydrogen-bond donors (Lipinski definition) is 6. The number of amides is 5. The molecule has 10 rings (SSSR count). The van der Waals surface area contributed by atoms with Crippen molar-refractivity contribution in [2.75, 3.05) is 35.5 Å². The highest BCUT2D eigenvalue weighted by Crippen LogP contribution is 2.45. The Morgan fingerprint density at radius 1 is 0.355 bits per heavy atom. The van der Waals surface area contributed by atoms with Crippen LogP contribution in [-0.2, 0) is 123 Å². The number of carboxylic acid groups (broad SMARTS) is 1. The Morgan fingerprint density at radius 3 is 0.753 bits per heavy atom. The Balaban J connectivity index is 0.922. The molecule has 0 aliphatic carbocycles. The summed E-state index contributed by atoms with van der Waals surface area (Å²) < 4.78 is 128. The first kappa shape index (κ1) is 71.6. The highest BCUT2D eigenvalue weighted by atomic mass is 16.9. The Kier molecular flexibility index (Phi) is 21.0. The minimum Gasteiger partial charge on any atom is -0.481 e. The molecule has 0 bridgehead atoms. The summed E-state index contributed by atoms with van der Waals surface area (Å²) in [5.41, 5.74) is -0.942. The van der Waals surface area contributed by atoms with Crippen molar-refractivity contribution in [3.63, 3.8) is 0 Å². The molecule has 10 heterocycles. The normalized spacial score (nSPS) is 39.4. The van der Waals surface area contributed by atoms with Crippen LogP contribution in [0.2, 0.25) is 0 Å². The van der Waals surface area contributed by atoms with E-state index < -0.39 is 256 Å². The van der Waals surface area contributed by atoms with Gasteiger partial charge in [-0.2, -0.15) is 0 Å². The molecule has 0 saturated carbocycles. The van der Waals surface area contributed by atoms with Gasteiger partial charge in [0.1, 0.15) is 97.2 Å². The summed E-state index contributed by atoms with van der Waals surface area (Å²) in [5.74, 6) is -9.61. The van der Waals surface area contributed by atoms with Crippen LogP contribution in [0.25, 0.3) is 0 Å². The largest absolute Gasteiger partial charge is 0.481 e. The summed E-state index contributed by atoms with van der Waals surface area (Å²) in [6.45, 7) is 22.0. The van der Waals surface area contributed by atoms with Crippen molar-refractivity contribution in [2.24, 2.45) is 0 Å². The quantitative estimate of drug-likeness (QED) is 0.0716. The minimum absolute atomic E-state index is 0.480. The molecule has 10 aliphatic rings. The van der Waals surface area contributed by atoms with E-state index in [0.29, 0.717) is 0 Å². The van der Waals surface area contributed by atoms with Crippen molar-refractivity contribution >= 4 is 35.7 Å². The van der Waals surface area contributed by atoms with Gasteiger partial charge >= 0.3 is 12.1 Å². The van der Waals surface area contributed by atoms with Gasteiger partial charge in [0.05, 0.1) is 36.6 Å². The van der Waals surface area contributed by atoms with Gasteiger partial charge in [-0.15, -0.1) is 0 Å². The van der Waals surface area contributed by atoms with Gasteiger partial charge < -0.3 is 131 Å². The van der Waals surface area contributed by atoms with Crippen LogP contribution < -0.4 is 26.6 Å². The highest BCUT2D eigenvalue weighted by molar-refractivity contribution is 5.83. The van der Waals surface area contributed by atoms with E-state index in [9.17, 15) is 24.3 Å². The summed E-state index contributed by atoms with van der Waals surface area (Å²) in [7, 11) is 7.08. The molecule has 5 amide bonds. The third-order valence-corrected chi connectivity index (χ3v) is 17.6. The van der Waals surface area contributed by atoms with E-state index in [0.717, 1.165) is 0 Å². The second-order valence-corrected chi connectivity index (χ2v) is 28.2. The van der Waals surface area contributed by atoms with Crippen LogP contribution in [0.15, 0.2) is 0 Å². The van der Waals surface area contributed by atoms with Crippen molar-refractivity contribution in [2.45, 2.75) is 310 Å². The molecular weight excluding hydrogens is 1240 g/mol. The number of ether oxygens (including phenoxy) is 21. The van der Waals surface area contributed by atoms with E-state index in [1.807, 2.05) is 0 Å². The summed E-state index contributed by atoms with van der Waals surface area (Å²) in [4.78, 5) is 85.8. The second kappa shape index (κ2) is 27.3. The fourth-order valence-electron chi connectivity index (χ4n) is 14.2. The molecule has 33 nitrogen and oxygen atoms in total. The van der Waals surface area contributed by atoms with E-state index in [4.69, 9.17) is 99.5 Å². The first-order valence-electron chi connectivity index (χ1n) is 31.5. The van der Waals surface area contributed by atoms with Gasteiger partial charge in [0.15, 0.2) is 60.4 Å². The van der Waals surface area contributed by atoms with Crippen molar-refractivity contribution in [1.29, 1.82) is 0 Å². The minimum atomic E-state index is -1.31. The molecule has 0 aromatic heterocycles. The van der Waals surface area contributed by atoms with Gasteiger partial charge in [-0.25, -0.2) is 4.79 Å². The Labute approximate surface area is 539 Å². The molecular formula is C60H95N5O28. The number of carbonyl (C=O) groups excluding carboxylic acids is 5. The first-order chi connectivity index (χ1) is 43.4. The molecule has 0 aromatic carbocycles. The third-order valence-electron chi connectivity index (χ3n) is 17.6. The van der Waals surface area contributed by atoms with Crippen molar-refractivity contribution in [1.82, 2.24) is 26.6 Å². The molecule has 10 saturated heterocycles. The lowest BCUT2D eigenvalue weighted by Crippen LogP contribution is -2.57. The fraction of sp³-hybridized carbons (Fsp3) is 0.900. The van der Waals surface area contributed by atoms with E-state index >= 15 is 9.59 Å². The van der Waals surface area contributed by atoms with Crippen LogP contribution in [0.4, 0.5) is 4.79 Å². The maximum atomic E-state index is 15.2. The zero-order valence-electron chi connectivity index (χ0n) is 55.9. The van der Waals surface area contributed by atoms with Crippen molar-refractivity contribution < 1.29 is 133 Å². The van der Waals surface area contributed by atoms with E-state index in [-0.39, 0.29) is 0 Å². The summed E-state index contributed by atoms with van der Waals surface area (Å²) in [5, 5.41) is 24.6. The summed E-state index contributed by atoms with van der Waals surface area (Å²) >= 11 is 0. The predicted molar refractivity (Wildman–Crippen MR) is 309 cm³/mol. The number of hydrogen-bond acceptors (Lipinski definition) is 27. The molecule has 10 fully saturated rings. The topological polar surface area (TPSA) is 377 Å². The van der Waals surface area contributed by atoms with Crippen molar-refractivity contribution in [3.8, 4) is 0 Å². The zero-order chi connectivity index (χ0) is 67.8. The molecule has 93 heavy (non-hydrogen) atoms. The summed E-state index contributed by atoms with van der Waals surface area (Å²) in [6, 6.07) is -6.21. The summed E-state index contributed by atoms with van der Waals surface area (Å²) in [6.07, 6.45) is -22.7. The molecule has 528 valence electrons. The molecule has 0 radical (unpaired) electrons. The lowest BCUT2D eigenvalue weighted by molar-refractivity contribution is -0.221. The molecule has 25 atom stereocenters. The number of rotatable bonds is 25. The molecule has 10 aliphatic heterocycles. The van der Waals surface area contributed by atoms with Gasteiger partial charge in [0, 0.05) is 61.2 Å². The Bertz CT molecular complexity index is 2720. The molecule has 6 N–H and O–H groups in total. The SMILES string of the molecule is CO[C@@H]1[C@H]2OC(C)(C)O[C@H]2O[C@@H]1[C@H](CC(=O)O)NC(=O)C[C@H](NC(=O)C[C@H](NC(=O)C[C@H](NC(=O)C[C@H](NC(=O)OC(C)(C)C)[C@H]1O[C@@H]2OC(C)(C)O[C@@H]2[C@H]1OC)[C@H]1O[C@@H]2OC(C)(C)O[C@@H]2[C@H]1OC)[C@H]1O[C@@H]2OC(C)(C)O[C@@H]2[C@H]1OC)[C@H]1O[C@@H]2OC(C)(C)O[C@@H]2[C@H]1OC. The standard InChI is InChI=1S/C60H95N5O28/c1-55(2,3)93-54(72)65-27(37-42(76-17)47-52(81-37)91-59(10,11)86-47)22-32(69)63-25(35-40(74-15)45-50(79-35)89-57(6,7)84-45)20-30(67)61-24(34-39(73-14)44-49(78-34)88-56(4,5)83-44)19-29(66)62-26(36-41(75-16)46-51(80-36)90-58(8,9)85-46)21-31(68)64-28(23-33(70)71)38-43(77-18)48-53(82-38)92-60(12,13)87-48/h24-28,34-53H,19-23H2,1-18H3,(H,61,67)(H,62,66)(H,63,69)(H,64,68)(H,65,72)(H,70,71)/t24-,25-,26-,27-,28-,34+,35+,36+,37+,38+,39-,40-,41-,42-,43-,44+,45+,46+,47+,48+,49+,50+,51+,52+,53+/m0/s1. The van der Waals surface area contributed by atoms with Crippen LogP contribution in [0, 0.1) is 0 Å². The number of carbonyl (C=O) groups is 6. The second-order valence-electron chi connectivity index (χ2n) is 28.2. The number of aliphatic carboxylic acids is 1. The number of methoxy groups -OCH3 is 5. The van der Waals surface area contributed by atoms with Gasteiger partial charge in [-0.1, -0.05) is 0 Å². The lowest BCUT2D eigenvalue weighted by atomic mass is 9.96. The van der Waals surface area contributed by atoms with E-state index in [2.05, 4.69) is 26.6 Å². The van der Waals surface area contributed by atoms with Crippen LogP contribution in [0.5, 0.6) is 0 Å². The Hall–Kier alpha value is -4.18. The molecule has 0 unspecified atom stereocenters. The fourth-order valence-corrected chi connectivity index (χ4v) is 14.2. The molecule has 0 aromatic rings. The van der Waals surface area contributed by atoms with E-state index in [1.165, 1.54) is 35.5 Å². The smallest absolute Gasteiger partial charge is 0.407 e. The van der Waals surface area contributed by atoms with Crippen LogP contribution in [0.1, 0.15) is 122 Å². The monoisotopic (exact) mass is 1330 g/mol. The zero-order valence-corrected chi connectivity index (χ0v) is 55.9. The number of carboxylic acids is 1. The average Bonchev–Trinajstić information content (AvgIpc) is 1.65. The maximum absolute atomic E-state index is 15.2. The number of fused-ring (bicyclic) bond motifs is 5. The third kappa shape index (κ3) is 16.0. The van der Waals surface area contributed by atoms with E-state index in [1.54, 1.807) is 90.0 Å². The van der Waals surface area contributed by atoms with Crippen LogP contribution in [0.3, 0.4) is 0 Å². The van der Waals surface area contributed by atoms with Crippen LogP contribution in [-0.4, -0.2) is 264 Å². The molecule has 33 heteroatoms. The van der Waals surface area contributed by atoms with Gasteiger partial charge in [0.2, 0.25) is 23.6 Å². The first-order valence-corrected chi connectivity index (χ1v) is 31.5. The Morgan fingerprint density at radius 2 is 0.559 bits per heavy atom. The average molecular weight is 1330 g/mol. The number of alkyl carbamates (subject to hydrolysis) is 1. The lowest BCUT2D eigenvalue weighted by Gasteiger charge is -2.34. The number of nitrogens with one attached hydrogen (secondary N) is 5. The maximum Gasteiger partial charge on any atom is 0.407 e. The predicted octanol–water partition coefficient (Wildman–Crippen LogP) is 0.311. The van der Waals surface area contributed by atoms with Crippen molar-refractivity contribution in [3.05, 3.63) is 0 Å². The van der Waals surface area contributed by atoms with Gasteiger partial charge in [-0.3, -0.25) is 24.0 Å². The van der Waals surface area contributed by atoms with Gasteiger partial charge in [0.25, 0.3) is 0 Å². The highest BCUT2D eigenvalue weighted by Gasteiger charge is 2.63.